The molecule has 0 radical (unpaired) electrons. The number of hydrogen-bond acceptors (Lipinski definition) is 3. The first-order valence-electron chi connectivity index (χ1n) is 13.0. The smallest absolute Gasteiger partial charge is 0.335 e. The summed E-state index contributed by atoms with van der Waals surface area (Å²) in [5.41, 5.74) is 1.75. The van der Waals surface area contributed by atoms with E-state index in [4.69, 9.17) is 4.99 Å². The van der Waals surface area contributed by atoms with Crippen molar-refractivity contribution in [1.29, 1.82) is 0 Å². The van der Waals surface area contributed by atoms with E-state index in [1.807, 2.05) is 12.1 Å². The van der Waals surface area contributed by atoms with Crippen LogP contribution >= 0.6 is 0 Å². The maximum Gasteiger partial charge on any atom is 0.335 e. The fourth-order valence-electron chi connectivity index (χ4n) is 5.72. The minimum Gasteiger partial charge on any atom is -0.478 e. The lowest BCUT2D eigenvalue weighted by Crippen LogP contribution is -2.51. The van der Waals surface area contributed by atoms with Crippen LogP contribution in [-0.2, 0) is 4.79 Å². The highest BCUT2D eigenvalue weighted by molar-refractivity contribution is 6.40. The van der Waals surface area contributed by atoms with Crippen molar-refractivity contribution in [2.24, 2.45) is 21.7 Å². The number of aliphatic imine (C=N–C) groups is 1. The highest BCUT2D eigenvalue weighted by atomic mass is 16.4. The van der Waals surface area contributed by atoms with Crippen LogP contribution in [0.5, 0.6) is 0 Å². The fraction of sp³-hybridized carbons (Fsp3) is 0.690. The molecule has 0 unspecified atom stereocenters. The summed E-state index contributed by atoms with van der Waals surface area (Å²) < 4.78 is 0. The first-order chi connectivity index (χ1) is 15.8. The number of hydrogen-bond donors (Lipinski definition) is 1. The number of aromatic carboxylic acids is 1. The van der Waals surface area contributed by atoms with Gasteiger partial charge in [0, 0.05) is 0 Å². The Morgan fingerprint density at radius 2 is 1.71 bits per heavy atom. The SMILES string of the molecule is CCCC[C@H](c1ccc(C(=O)O)cc1)N1C(=O)C(CC(C)(C)C)=NC12CCC(C(C)(C)C)CC2. The van der Waals surface area contributed by atoms with Gasteiger partial charge >= 0.3 is 5.97 Å². The van der Waals surface area contributed by atoms with Crippen molar-refractivity contribution in [2.45, 2.75) is 112 Å². The number of carbonyl (C=O) groups excluding carboxylic acids is 1. The molecule has 1 atom stereocenters. The zero-order chi connectivity index (χ0) is 25.3. The van der Waals surface area contributed by atoms with Gasteiger partial charge in [-0.3, -0.25) is 9.79 Å². The standard InChI is InChI=1S/C29H44N2O3/c1-8-9-10-24(20-11-13-21(14-12-20)26(33)34)31-25(32)23(19-27(2,3)4)30-29(31)17-15-22(16-18-29)28(5,6)7/h11-14,22,24H,8-10,15-19H2,1-7H3,(H,33,34)/t22?,24-,29?/m1/s1. The van der Waals surface area contributed by atoms with E-state index in [0.717, 1.165) is 50.5 Å². The van der Waals surface area contributed by atoms with E-state index in [2.05, 4.69) is 53.4 Å². The predicted molar refractivity (Wildman–Crippen MR) is 138 cm³/mol. The summed E-state index contributed by atoms with van der Waals surface area (Å²) in [6.07, 6.45) is 7.50. The van der Waals surface area contributed by atoms with Crippen LogP contribution < -0.4 is 0 Å². The molecule has 1 saturated carbocycles. The number of carboxylic acid groups (broad SMARTS) is 1. The van der Waals surface area contributed by atoms with Gasteiger partial charge in [-0.25, -0.2) is 4.79 Å². The van der Waals surface area contributed by atoms with Gasteiger partial charge in [0.2, 0.25) is 0 Å². The number of unbranched alkanes of at least 4 members (excludes halogenated alkanes) is 1. The lowest BCUT2D eigenvalue weighted by atomic mass is 9.69. The molecule has 1 amide bonds. The second kappa shape index (κ2) is 9.83. The zero-order valence-corrected chi connectivity index (χ0v) is 22.3. The minimum atomic E-state index is -0.929. The van der Waals surface area contributed by atoms with E-state index in [1.54, 1.807) is 12.1 Å². The van der Waals surface area contributed by atoms with Gasteiger partial charge in [0.1, 0.15) is 11.4 Å². The Balaban J connectivity index is 2.02. The summed E-state index contributed by atoms with van der Waals surface area (Å²) in [5, 5.41) is 9.36. The van der Waals surface area contributed by atoms with Gasteiger partial charge in [-0.15, -0.1) is 0 Å². The van der Waals surface area contributed by atoms with Crippen LogP contribution in [0.4, 0.5) is 0 Å². The van der Waals surface area contributed by atoms with E-state index >= 15 is 0 Å². The first-order valence-corrected chi connectivity index (χ1v) is 13.0. The molecule has 5 heteroatoms. The molecular weight excluding hydrogens is 424 g/mol. The fourth-order valence-corrected chi connectivity index (χ4v) is 5.72. The molecule has 0 bridgehead atoms. The predicted octanol–water partition coefficient (Wildman–Crippen LogP) is 7.27. The van der Waals surface area contributed by atoms with Crippen molar-refractivity contribution in [3.05, 3.63) is 35.4 Å². The third-order valence-corrected chi connectivity index (χ3v) is 7.65. The van der Waals surface area contributed by atoms with Gasteiger partial charge in [-0.05, 0) is 73.0 Å². The molecule has 1 aliphatic carbocycles. The molecule has 1 spiro atoms. The Morgan fingerprint density at radius 1 is 1.12 bits per heavy atom. The minimum absolute atomic E-state index is 0.0175. The Bertz CT molecular complexity index is 910. The molecule has 3 rings (SSSR count). The van der Waals surface area contributed by atoms with E-state index in [0.29, 0.717) is 18.1 Å². The normalized spacial score (nSPS) is 24.4. The van der Waals surface area contributed by atoms with Crippen LogP contribution in [0.15, 0.2) is 29.3 Å². The largest absolute Gasteiger partial charge is 0.478 e. The molecule has 34 heavy (non-hydrogen) atoms. The van der Waals surface area contributed by atoms with Gasteiger partial charge in [0.05, 0.1) is 11.6 Å². The molecule has 0 aromatic heterocycles. The summed E-state index contributed by atoms with van der Waals surface area (Å²) in [4.78, 5) is 32.8. The molecule has 1 aromatic rings. The quantitative estimate of drug-likeness (QED) is 0.457. The van der Waals surface area contributed by atoms with Crippen LogP contribution in [0.3, 0.4) is 0 Å². The molecule has 188 valence electrons. The molecule has 1 N–H and O–H groups in total. The van der Waals surface area contributed by atoms with Gasteiger partial charge in [-0.1, -0.05) is 73.4 Å². The van der Waals surface area contributed by atoms with Crippen molar-refractivity contribution >= 4 is 17.6 Å². The topological polar surface area (TPSA) is 70.0 Å². The van der Waals surface area contributed by atoms with Crippen LogP contribution in [0.1, 0.15) is 122 Å². The van der Waals surface area contributed by atoms with Crippen LogP contribution in [-0.4, -0.2) is 33.3 Å². The number of benzene rings is 1. The van der Waals surface area contributed by atoms with Gasteiger partial charge in [0.25, 0.3) is 5.91 Å². The number of rotatable bonds is 7. The Hall–Kier alpha value is -2.17. The summed E-state index contributed by atoms with van der Waals surface area (Å²) in [7, 11) is 0. The van der Waals surface area contributed by atoms with E-state index in [9.17, 15) is 14.7 Å². The number of nitrogens with zero attached hydrogens (tertiary/aromatic N) is 2. The van der Waals surface area contributed by atoms with Crippen molar-refractivity contribution in [3.8, 4) is 0 Å². The van der Waals surface area contributed by atoms with Crippen LogP contribution in [0.25, 0.3) is 0 Å². The average Bonchev–Trinajstić information content (AvgIpc) is 2.98. The molecule has 1 fully saturated rings. The van der Waals surface area contributed by atoms with Crippen LogP contribution in [0, 0.1) is 16.7 Å². The van der Waals surface area contributed by atoms with Gasteiger partial charge < -0.3 is 10.0 Å². The van der Waals surface area contributed by atoms with E-state index < -0.39 is 11.6 Å². The molecule has 1 aromatic carbocycles. The van der Waals surface area contributed by atoms with Crippen molar-refractivity contribution < 1.29 is 14.7 Å². The Kier molecular flexibility index (Phi) is 7.64. The maximum absolute atomic E-state index is 14.0. The van der Waals surface area contributed by atoms with E-state index in [-0.39, 0.29) is 28.3 Å². The lowest BCUT2D eigenvalue weighted by Gasteiger charge is -2.47. The Labute approximate surface area is 206 Å². The molecule has 1 aliphatic heterocycles. The first kappa shape index (κ1) is 26.4. The highest BCUT2D eigenvalue weighted by Crippen LogP contribution is 2.50. The number of carboxylic acids is 1. The summed E-state index contributed by atoms with van der Waals surface area (Å²) >= 11 is 0. The monoisotopic (exact) mass is 468 g/mol. The number of amides is 1. The maximum atomic E-state index is 14.0. The molecule has 1 heterocycles. The molecule has 5 nitrogen and oxygen atoms in total. The highest BCUT2D eigenvalue weighted by Gasteiger charge is 2.52. The summed E-state index contributed by atoms with van der Waals surface area (Å²) in [5.74, 6) is -0.227. The molecule has 2 aliphatic rings. The third-order valence-electron chi connectivity index (χ3n) is 7.65. The van der Waals surface area contributed by atoms with Gasteiger partial charge in [-0.2, -0.15) is 0 Å². The molecule has 0 saturated heterocycles. The Morgan fingerprint density at radius 3 is 2.18 bits per heavy atom. The lowest BCUT2D eigenvalue weighted by molar-refractivity contribution is -0.134. The third kappa shape index (κ3) is 5.72. The average molecular weight is 469 g/mol. The van der Waals surface area contributed by atoms with Crippen molar-refractivity contribution in [3.63, 3.8) is 0 Å². The molecular formula is C29H44N2O3. The number of carbonyl (C=O) groups is 2. The summed E-state index contributed by atoms with van der Waals surface area (Å²) in [6.45, 7) is 15.6. The second-order valence-corrected chi connectivity index (χ2v) is 12.7. The van der Waals surface area contributed by atoms with Crippen molar-refractivity contribution in [1.82, 2.24) is 4.90 Å². The van der Waals surface area contributed by atoms with Crippen molar-refractivity contribution in [2.75, 3.05) is 0 Å². The zero-order valence-electron chi connectivity index (χ0n) is 22.3. The van der Waals surface area contributed by atoms with Gasteiger partial charge in [0.15, 0.2) is 0 Å². The second-order valence-electron chi connectivity index (χ2n) is 12.7. The summed E-state index contributed by atoms with van der Waals surface area (Å²) in [6, 6.07) is 7.03. The van der Waals surface area contributed by atoms with Crippen LogP contribution in [0.2, 0.25) is 0 Å². The van der Waals surface area contributed by atoms with E-state index in [1.165, 1.54) is 0 Å².